The van der Waals surface area contributed by atoms with Crippen LogP contribution in [0.3, 0.4) is 0 Å². The second-order valence-corrected chi connectivity index (χ2v) is 6.69. The van der Waals surface area contributed by atoms with Gasteiger partial charge in [0.2, 0.25) is 0 Å². The van der Waals surface area contributed by atoms with Gasteiger partial charge in [-0.05, 0) is 37.5 Å². The smallest absolute Gasteiger partial charge is 0.251 e. The highest BCUT2D eigenvalue weighted by Gasteiger charge is 2.33. The van der Waals surface area contributed by atoms with Gasteiger partial charge >= 0.3 is 0 Å². The van der Waals surface area contributed by atoms with Crippen molar-refractivity contribution in [3.63, 3.8) is 0 Å². The molecule has 6 nitrogen and oxygen atoms in total. The molecule has 1 aromatic heterocycles. The molecule has 0 aliphatic heterocycles. The highest BCUT2D eigenvalue weighted by atomic mass is 16.5. The lowest BCUT2D eigenvalue weighted by atomic mass is 9.84. The van der Waals surface area contributed by atoms with Gasteiger partial charge in [0.1, 0.15) is 5.52 Å². The van der Waals surface area contributed by atoms with Crippen LogP contribution in [-0.2, 0) is 11.8 Å². The molecule has 0 unspecified atom stereocenters. The fraction of sp³-hybridized carbons (Fsp3) is 0.611. The Morgan fingerprint density at radius 1 is 1.33 bits per heavy atom. The van der Waals surface area contributed by atoms with Crippen LogP contribution in [0.25, 0.3) is 11.0 Å². The number of aromatic nitrogens is 3. The maximum Gasteiger partial charge on any atom is 0.251 e. The van der Waals surface area contributed by atoms with Crippen LogP contribution in [0.4, 0.5) is 0 Å². The molecule has 0 bridgehead atoms. The summed E-state index contributed by atoms with van der Waals surface area (Å²) in [4.78, 5) is 12.5. The van der Waals surface area contributed by atoms with E-state index in [2.05, 4.69) is 22.6 Å². The molecule has 1 aliphatic rings. The van der Waals surface area contributed by atoms with E-state index in [1.807, 2.05) is 19.2 Å². The molecule has 0 radical (unpaired) electrons. The third kappa shape index (κ3) is 3.59. The molecule has 0 atom stereocenters. The predicted molar refractivity (Wildman–Crippen MR) is 92.9 cm³/mol. The Morgan fingerprint density at radius 3 is 2.88 bits per heavy atom. The topological polar surface area (TPSA) is 69.0 Å². The van der Waals surface area contributed by atoms with Crippen LogP contribution in [0.2, 0.25) is 0 Å². The minimum Gasteiger partial charge on any atom is -0.373 e. The zero-order valence-corrected chi connectivity index (χ0v) is 14.5. The van der Waals surface area contributed by atoms with Crippen LogP contribution in [0, 0.1) is 0 Å². The van der Waals surface area contributed by atoms with Gasteiger partial charge in [0.05, 0.1) is 11.1 Å². The fourth-order valence-electron chi connectivity index (χ4n) is 3.41. The van der Waals surface area contributed by atoms with Gasteiger partial charge in [-0.2, -0.15) is 0 Å². The van der Waals surface area contributed by atoms with E-state index < -0.39 is 0 Å². The van der Waals surface area contributed by atoms with Crippen LogP contribution in [0.5, 0.6) is 0 Å². The Balaban J connectivity index is 1.67. The standard InChI is InChI=1S/C18H26N4O2/c1-3-11-24-18(9-5-4-6-10-18)13-19-17(23)14-7-8-16-15(12-14)20-21-22(16)2/h7-8,12H,3-6,9-11,13H2,1-2H3,(H,19,23). The average Bonchev–Trinajstić information content (AvgIpc) is 2.99. The Labute approximate surface area is 142 Å². The van der Waals surface area contributed by atoms with Crippen molar-refractivity contribution < 1.29 is 9.53 Å². The molecule has 3 rings (SSSR count). The first-order valence-corrected chi connectivity index (χ1v) is 8.85. The molecule has 1 amide bonds. The molecule has 1 aromatic carbocycles. The molecule has 0 spiro atoms. The van der Waals surface area contributed by atoms with Crippen LogP contribution in [-0.4, -0.2) is 39.7 Å². The fourth-order valence-corrected chi connectivity index (χ4v) is 3.41. The van der Waals surface area contributed by atoms with Gasteiger partial charge in [-0.25, -0.2) is 4.68 Å². The number of fused-ring (bicyclic) bond motifs is 1. The molecule has 1 aliphatic carbocycles. The number of amides is 1. The monoisotopic (exact) mass is 330 g/mol. The largest absolute Gasteiger partial charge is 0.373 e. The van der Waals surface area contributed by atoms with Gasteiger partial charge in [-0.3, -0.25) is 4.79 Å². The lowest BCUT2D eigenvalue weighted by molar-refractivity contribution is -0.0669. The van der Waals surface area contributed by atoms with Crippen LogP contribution in [0.1, 0.15) is 55.8 Å². The van der Waals surface area contributed by atoms with Crippen molar-refractivity contribution in [2.45, 2.75) is 51.0 Å². The number of ether oxygens (including phenoxy) is 1. The summed E-state index contributed by atoms with van der Waals surface area (Å²) in [6, 6.07) is 5.49. The predicted octanol–water partition coefficient (Wildman–Crippen LogP) is 2.83. The molecule has 130 valence electrons. The normalized spacial score (nSPS) is 17.1. The first-order chi connectivity index (χ1) is 11.6. The number of rotatable bonds is 6. The number of aryl methyl sites for hydroxylation is 1. The van der Waals surface area contributed by atoms with Crippen LogP contribution >= 0.6 is 0 Å². The third-order valence-electron chi connectivity index (χ3n) is 4.82. The molecule has 1 fully saturated rings. The lowest BCUT2D eigenvalue weighted by Crippen LogP contribution is -2.46. The van der Waals surface area contributed by atoms with E-state index in [9.17, 15) is 4.79 Å². The Bertz CT molecular complexity index is 704. The summed E-state index contributed by atoms with van der Waals surface area (Å²) < 4.78 is 7.84. The van der Waals surface area contributed by atoms with Crippen molar-refractivity contribution in [1.29, 1.82) is 0 Å². The minimum atomic E-state index is -0.194. The lowest BCUT2D eigenvalue weighted by Gasteiger charge is -2.37. The van der Waals surface area contributed by atoms with E-state index in [0.29, 0.717) is 12.1 Å². The van der Waals surface area contributed by atoms with Crippen molar-refractivity contribution >= 4 is 16.9 Å². The molecule has 1 N–H and O–H groups in total. The SMILES string of the molecule is CCCOC1(CNC(=O)c2ccc3c(c2)nnn3C)CCCCC1. The van der Waals surface area contributed by atoms with Gasteiger partial charge in [-0.1, -0.05) is 31.4 Å². The molecule has 24 heavy (non-hydrogen) atoms. The van der Waals surface area contributed by atoms with E-state index in [4.69, 9.17) is 4.74 Å². The zero-order valence-electron chi connectivity index (χ0n) is 14.5. The summed E-state index contributed by atoms with van der Waals surface area (Å²) in [5, 5.41) is 11.1. The Hall–Kier alpha value is -1.95. The van der Waals surface area contributed by atoms with Crippen LogP contribution < -0.4 is 5.32 Å². The number of nitrogens with zero attached hydrogens (tertiary/aromatic N) is 3. The van der Waals surface area contributed by atoms with Gasteiger partial charge in [-0.15, -0.1) is 5.10 Å². The van der Waals surface area contributed by atoms with Crippen molar-refractivity contribution in [2.75, 3.05) is 13.2 Å². The summed E-state index contributed by atoms with van der Waals surface area (Å²) >= 11 is 0. The zero-order chi connectivity index (χ0) is 17.0. The molecule has 1 saturated carbocycles. The molecule has 6 heteroatoms. The van der Waals surface area contributed by atoms with E-state index in [-0.39, 0.29) is 11.5 Å². The molecule has 0 saturated heterocycles. The van der Waals surface area contributed by atoms with Crippen molar-refractivity contribution in [3.05, 3.63) is 23.8 Å². The molecular weight excluding hydrogens is 304 g/mol. The number of nitrogens with one attached hydrogen (secondary N) is 1. The number of carbonyl (C=O) groups excluding carboxylic acids is 1. The molecular formula is C18H26N4O2. The van der Waals surface area contributed by atoms with Crippen molar-refractivity contribution in [2.24, 2.45) is 7.05 Å². The second-order valence-electron chi connectivity index (χ2n) is 6.69. The summed E-state index contributed by atoms with van der Waals surface area (Å²) in [6.07, 6.45) is 6.65. The first kappa shape index (κ1) is 16.9. The Morgan fingerprint density at radius 2 is 2.12 bits per heavy atom. The number of benzene rings is 1. The summed E-state index contributed by atoms with van der Waals surface area (Å²) in [7, 11) is 1.84. The summed E-state index contributed by atoms with van der Waals surface area (Å²) in [5.74, 6) is -0.0763. The number of carbonyl (C=O) groups is 1. The van der Waals surface area contributed by atoms with Crippen molar-refractivity contribution in [1.82, 2.24) is 20.3 Å². The number of hydrogen-bond acceptors (Lipinski definition) is 4. The van der Waals surface area contributed by atoms with Gasteiger partial charge in [0, 0.05) is 25.8 Å². The minimum absolute atomic E-state index is 0.0763. The average molecular weight is 330 g/mol. The van der Waals surface area contributed by atoms with Crippen molar-refractivity contribution in [3.8, 4) is 0 Å². The highest BCUT2D eigenvalue weighted by Crippen LogP contribution is 2.31. The maximum atomic E-state index is 12.5. The van der Waals surface area contributed by atoms with E-state index in [1.165, 1.54) is 19.3 Å². The van der Waals surface area contributed by atoms with Crippen LogP contribution in [0.15, 0.2) is 18.2 Å². The Kier molecular flexibility index (Phi) is 5.14. The first-order valence-electron chi connectivity index (χ1n) is 8.85. The highest BCUT2D eigenvalue weighted by molar-refractivity contribution is 5.97. The van der Waals surface area contributed by atoms with Gasteiger partial charge in [0.25, 0.3) is 5.91 Å². The van der Waals surface area contributed by atoms with E-state index in [0.717, 1.165) is 36.9 Å². The maximum absolute atomic E-state index is 12.5. The quantitative estimate of drug-likeness (QED) is 0.884. The van der Waals surface area contributed by atoms with E-state index in [1.54, 1.807) is 10.7 Å². The molecule has 2 aromatic rings. The summed E-state index contributed by atoms with van der Waals surface area (Å²) in [5.41, 5.74) is 2.08. The number of hydrogen-bond donors (Lipinski definition) is 1. The second kappa shape index (κ2) is 7.30. The van der Waals surface area contributed by atoms with Gasteiger partial charge < -0.3 is 10.1 Å². The third-order valence-corrected chi connectivity index (χ3v) is 4.82. The van der Waals surface area contributed by atoms with Gasteiger partial charge in [0.15, 0.2) is 0 Å². The molecule has 1 heterocycles. The van der Waals surface area contributed by atoms with E-state index >= 15 is 0 Å². The summed E-state index contributed by atoms with van der Waals surface area (Å²) in [6.45, 7) is 3.44.